The van der Waals surface area contributed by atoms with Crippen LogP contribution < -0.4 is 4.74 Å². The van der Waals surface area contributed by atoms with Crippen molar-refractivity contribution in [2.24, 2.45) is 0 Å². The smallest absolute Gasteiger partial charge is 0.167 e. The lowest BCUT2D eigenvalue weighted by atomic mass is 10.1. The molecule has 4 rings (SSSR count). The molecule has 0 aliphatic heterocycles. The monoisotopic (exact) mass is 375 g/mol. The Bertz CT molecular complexity index is 1120. The molecule has 0 radical (unpaired) electrons. The van der Waals surface area contributed by atoms with Crippen molar-refractivity contribution in [3.05, 3.63) is 94.8 Å². The van der Waals surface area contributed by atoms with Gasteiger partial charge in [-0.2, -0.15) is 0 Å². The Morgan fingerprint density at radius 1 is 1.04 bits per heavy atom. The van der Waals surface area contributed by atoms with Crippen molar-refractivity contribution in [2.45, 2.75) is 13.5 Å². The third kappa shape index (κ3) is 3.46. The predicted octanol–water partition coefficient (Wildman–Crippen LogP) is 5.96. The largest absolute Gasteiger partial charge is 0.487 e. The summed E-state index contributed by atoms with van der Waals surface area (Å²) in [5, 5.41) is 0.520. The van der Waals surface area contributed by atoms with E-state index in [2.05, 4.69) is 6.07 Å². The lowest BCUT2D eigenvalue weighted by Crippen LogP contribution is -1.96. The van der Waals surface area contributed by atoms with Gasteiger partial charge in [0.1, 0.15) is 12.4 Å². The van der Waals surface area contributed by atoms with E-state index in [1.165, 1.54) is 0 Å². The van der Waals surface area contributed by atoms with E-state index in [1.54, 1.807) is 0 Å². The average molecular weight is 376 g/mol. The van der Waals surface area contributed by atoms with Crippen LogP contribution in [0.25, 0.3) is 16.6 Å². The highest BCUT2D eigenvalue weighted by molar-refractivity contribution is 6.32. The summed E-state index contributed by atoms with van der Waals surface area (Å²) in [7, 11) is 0. The molecule has 0 bridgehead atoms. The first-order valence-electron chi connectivity index (χ1n) is 8.69. The molecule has 0 atom stereocenters. The Kier molecular flexibility index (Phi) is 4.69. The molecule has 2 aromatic carbocycles. The van der Waals surface area contributed by atoms with Gasteiger partial charge in [-0.05, 0) is 53.9 Å². The second-order valence-corrected chi connectivity index (χ2v) is 6.89. The topological polar surface area (TPSA) is 30.7 Å². The number of rotatable bonds is 5. The van der Waals surface area contributed by atoms with Crippen LogP contribution in [0.15, 0.2) is 72.9 Å². The number of aryl methyl sites for hydroxylation is 1. The second kappa shape index (κ2) is 7.29. The van der Waals surface area contributed by atoms with E-state index in [0.717, 1.165) is 34.1 Å². The van der Waals surface area contributed by atoms with Crippen molar-refractivity contribution in [1.29, 1.82) is 0 Å². The van der Waals surface area contributed by atoms with Crippen molar-refractivity contribution in [1.82, 2.24) is 4.40 Å². The summed E-state index contributed by atoms with van der Waals surface area (Å²) < 4.78 is 7.73. The van der Waals surface area contributed by atoms with Gasteiger partial charge in [-0.1, -0.05) is 48.0 Å². The molecular weight excluding hydrogens is 358 g/mol. The van der Waals surface area contributed by atoms with Gasteiger partial charge in [-0.25, -0.2) is 0 Å². The van der Waals surface area contributed by atoms with Gasteiger partial charge in [0.25, 0.3) is 0 Å². The maximum absolute atomic E-state index is 11.7. The molecule has 0 saturated heterocycles. The molecule has 0 unspecified atom stereocenters. The Labute approximate surface area is 162 Å². The number of hydrogen-bond donors (Lipinski definition) is 0. The number of fused-ring (bicyclic) bond motifs is 1. The third-order valence-corrected chi connectivity index (χ3v) is 4.85. The molecule has 27 heavy (non-hydrogen) atoms. The van der Waals surface area contributed by atoms with Gasteiger partial charge < -0.3 is 9.14 Å². The first-order valence-corrected chi connectivity index (χ1v) is 9.07. The summed E-state index contributed by atoms with van der Waals surface area (Å²) in [6, 6.07) is 21.6. The van der Waals surface area contributed by atoms with Crippen LogP contribution in [0.2, 0.25) is 5.02 Å². The highest BCUT2D eigenvalue weighted by Crippen LogP contribution is 2.33. The molecule has 0 aliphatic rings. The molecule has 4 heteroatoms. The Balaban J connectivity index is 1.66. The minimum absolute atomic E-state index is 0.453. The second-order valence-electron chi connectivity index (χ2n) is 6.48. The van der Waals surface area contributed by atoms with E-state index < -0.39 is 0 Å². The Morgan fingerprint density at radius 3 is 2.59 bits per heavy atom. The number of hydrogen-bond acceptors (Lipinski definition) is 2. The average Bonchev–Trinajstić information content (AvgIpc) is 3.05. The van der Waals surface area contributed by atoms with Crippen LogP contribution in [0.3, 0.4) is 0 Å². The molecule has 134 valence electrons. The number of nitrogens with zero attached hydrogens (tertiary/aromatic N) is 1. The van der Waals surface area contributed by atoms with Crippen molar-refractivity contribution in [2.75, 3.05) is 0 Å². The number of ether oxygens (including phenoxy) is 1. The minimum atomic E-state index is 0.453. The predicted molar refractivity (Wildman–Crippen MR) is 109 cm³/mol. The van der Waals surface area contributed by atoms with Gasteiger partial charge >= 0.3 is 0 Å². The summed E-state index contributed by atoms with van der Waals surface area (Å²) in [6.45, 7) is 2.48. The SMILES string of the molecule is Cc1ccn2c(C=O)c(-c3ccc(OCc4ccccc4)c(Cl)c3)cc2c1. The van der Waals surface area contributed by atoms with Crippen LogP contribution in [0.4, 0.5) is 0 Å². The summed E-state index contributed by atoms with van der Waals surface area (Å²) in [4.78, 5) is 11.7. The number of carbonyl (C=O) groups excluding carboxylic acids is 1. The standard InChI is InChI=1S/C23H18ClNO2/c1-16-9-10-25-19(11-16)13-20(22(25)14-26)18-7-8-23(21(24)12-18)27-15-17-5-3-2-4-6-17/h2-14H,15H2,1H3. The lowest BCUT2D eigenvalue weighted by Gasteiger charge is -2.10. The number of aromatic nitrogens is 1. The minimum Gasteiger partial charge on any atom is -0.487 e. The zero-order valence-electron chi connectivity index (χ0n) is 14.9. The van der Waals surface area contributed by atoms with Gasteiger partial charge in [0.15, 0.2) is 6.29 Å². The summed E-state index contributed by atoms with van der Waals surface area (Å²) in [5.41, 5.74) is 5.55. The molecule has 2 heterocycles. The highest BCUT2D eigenvalue weighted by atomic mass is 35.5. The first-order chi connectivity index (χ1) is 13.2. The number of halogens is 1. The van der Waals surface area contributed by atoms with Crippen LogP contribution in [-0.2, 0) is 6.61 Å². The van der Waals surface area contributed by atoms with Gasteiger partial charge in [0, 0.05) is 17.3 Å². The van der Waals surface area contributed by atoms with Crippen molar-refractivity contribution < 1.29 is 9.53 Å². The molecule has 0 aliphatic carbocycles. The summed E-state index contributed by atoms with van der Waals surface area (Å²) in [6.07, 6.45) is 2.79. The normalized spacial score (nSPS) is 10.9. The highest BCUT2D eigenvalue weighted by Gasteiger charge is 2.13. The van der Waals surface area contributed by atoms with E-state index in [1.807, 2.05) is 78.2 Å². The van der Waals surface area contributed by atoms with Crippen LogP contribution in [0.1, 0.15) is 21.6 Å². The molecule has 2 aromatic heterocycles. The Morgan fingerprint density at radius 2 is 1.85 bits per heavy atom. The van der Waals surface area contributed by atoms with Crippen LogP contribution in [-0.4, -0.2) is 10.7 Å². The van der Waals surface area contributed by atoms with Gasteiger partial charge in [0.05, 0.1) is 10.7 Å². The fourth-order valence-electron chi connectivity index (χ4n) is 3.18. The third-order valence-electron chi connectivity index (χ3n) is 4.56. The fourth-order valence-corrected chi connectivity index (χ4v) is 3.42. The molecule has 0 saturated carbocycles. The van der Waals surface area contributed by atoms with Crippen molar-refractivity contribution in [3.63, 3.8) is 0 Å². The lowest BCUT2D eigenvalue weighted by molar-refractivity contribution is 0.111. The van der Waals surface area contributed by atoms with E-state index in [9.17, 15) is 4.79 Å². The quantitative estimate of drug-likeness (QED) is 0.403. The summed E-state index contributed by atoms with van der Waals surface area (Å²) >= 11 is 6.44. The number of aldehydes is 1. The molecule has 0 N–H and O–H groups in total. The van der Waals surface area contributed by atoms with Gasteiger partial charge in [-0.3, -0.25) is 4.79 Å². The van der Waals surface area contributed by atoms with Crippen LogP contribution in [0, 0.1) is 6.92 Å². The first kappa shape index (κ1) is 17.4. The molecular formula is C23H18ClNO2. The number of pyridine rings is 1. The molecule has 0 amide bonds. The zero-order chi connectivity index (χ0) is 18.8. The molecule has 0 fully saturated rings. The van der Waals surface area contributed by atoms with Gasteiger partial charge in [-0.15, -0.1) is 0 Å². The van der Waals surface area contributed by atoms with E-state index >= 15 is 0 Å². The van der Waals surface area contributed by atoms with Crippen LogP contribution in [0.5, 0.6) is 5.75 Å². The zero-order valence-corrected chi connectivity index (χ0v) is 15.6. The molecule has 3 nitrogen and oxygen atoms in total. The number of benzene rings is 2. The van der Waals surface area contributed by atoms with Crippen molar-refractivity contribution in [3.8, 4) is 16.9 Å². The Hall–Kier alpha value is -3.04. The summed E-state index contributed by atoms with van der Waals surface area (Å²) in [5.74, 6) is 0.622. The fraction of sp³-hybridized carbons (Fsp3) is 0.0870. The van der Waals surface area contributed by atoms with Gasteiger partial charge in [0.2, 0.25) is 0 Å². The molecule has 4 aromatic rings. The maximum atomic E-state index is 11.7. The van der Waals surface area contributed by atoms with E-state index in [4.69, 9.17) is 16.3 Å². The van der Waals surface area contributed by atoms with E-state index in [-0.39, 0.29) is 0 Å². The van der Waals surface area contributed by atoms with Crippen LogP contribution >= 0.6 is 11.6 Å². The number of carbonyl (C=O) groups is 1. The van der Waals surface area contributed by atoms with Crippen molar-refractivity contribution >= 4 is 23.4 Å². The van der Waals surface area contributed by atoms with E-state index in [0.29, 0.717) is 23.1 Å². The maximum Gasteiger partial charge on any atom is 0.167 e. The molecule has 0 spiro atoms.